The maximum atomic E-state index is 12.4. The number of anilines is 1. The number of hydrogen-bond acceptors (Lipinski definition) is 4. The summed E-state index contributed by atoms with van der Waals surface area (Å²) >= 11 is 2.27. The fourth-order valence-corrected chi connectivity index (χ4v) is 6.46. The molecule has 0 spiro atoms. The molecule has 5 rings (SSSR count). The fourth-order valence-electron chi connectivity index (χ4n) is 5.97. The van der Waals surface area contributed by atoms with Gasteiger partial charge in [-0.05, 0) is 71.2 Å². The van der Waals surface area contributed by atoms with Gasteiger partial charge in [-0.2, -0.15) is 0 Å². The van der Waals surface area contributed by atoms with Crippen molar-refractivity contribution in [3.8, 4) is 0 Å². The maximum Gasteiger partial charge on any atom is 0.338 e. The first-order valence-electron chi connectivity index (χ1n) is 13.0. The van der Waals surface area contributed by atoms with Gasteiger partial charge < -0.3 is 19.7 Å². The van der Waals surface area contributed by atoms with Crippen LogP contribution in [0.3, 0.4) is 0 Å². The number of aromatic amines is 1. The summed E-state index contributed by atoms with van der Waals surface area (Å²) in [5.74, 6) is -0.888. The molecule has 0 bridgehead atoms. The third kappa shape index (κ3) is 5.77. The second-order valence-electron chi connectivity index (χ2n) is 10.6. The number of halogens is 1. The predicted molar refractivity (Wildman–Crippen MR) is 159 cm³/mol. The van der Waals surface area contributed by atoms with Crippen molar-refractivity contribution < 1.29 is 14.6 Å². The van der Waals surface area contributed by atoms with Crippen LogP contribution in [0.2, 0.25) is 0 Å². The maximum absolute atomic E-state index is 12.4. The molecule has 0 aliphatic carbocycles. The minimum Gasteiger partial charge on any atom is -0.478 e. The van der Waals surface area contributed by atoms with Crippen molar-refractivity contribution in [3.05, 3.63) is 62.4 Å². The number of nitrogens with one attached hydrogen (secondary N) is 1. The van der Waals surface area contributed by atoms with E-state index in [1.807, 2.05) is 18.2 Å². The van der Waals surface area contributed by atoms with Crippen LogP contribution in [0.1, 0.15) is 60.8 Å². The Hall–Kier alpha value is -1.10. The monoisotopic (exact) mass is 624 g/mol. The van der Waals surface area contributed by atoms with Crippen molar-refractivity contribution >= 4 is 74.7 Å². The minimum absolute atomic E-state index is 0. The molecule has 3 aromatic rings. The Balaban J connectivity index is 0.00000320. The van der Waals surface area contributed by atoms with Crippen molar-refractivity contribution in [1.29, 1.82) is 0 Å². The van der Waals surface area contributed by atoms with Gasteiger partial charge in [0.25, 0.3) is 0 Å². The van der Waals surface area contributed by atoms with E-state index in [0.717, 1.165) is 71.5 Å². The van der Waals surface area contributed by atoms with Gasteiger partial charge in [0.15, 0.2) is 0 Å². The molecule has 2 aliphatic rings. The molecule has 1 radical (unpaired) electrons. The smallest absolute Gasteiger partial charge is 0.338 e. The number of carboxylic acids is 1. The van der Waals surface area contributed by atoms with Gasteiger partial charge in [-0.1, -0.05) is 39.0 Å². The van der Waals surface area contributed by atoms with E-state index >= 15 is 0 Å². The van der Waals surface area contributed by atoms with Crippen molar-refractivity contribution in [3.63, 3.8) is 0 Å². The summed E-state index contributed by atoms with van der Waals surface area (Å²) in [5, 5.41) is 10.9. The molecule has 0 atom stereocenters. The van der Waals surface area contributed by atoms with Gasteiger partial charge in [-0.25, -0.2) is 4.79 Å². The van der Waals surface area contributed by atoms with Crippen molar-refractivity contribution in [2.45, 2.75) is 51.5 Å². The van der Waals surface area contributed by atoms with Crippen LogP contribution in [0.25, 0.3) is 10.9 Å². The topological polar surface area (TPSA) is 68.8 Å². The number of nitrogens with zero attached hydrogens (tertiary/aromatic N) is 2. The van der Waals surface area contributed by atoms with E-state index < -0.39 is 11.4 Å². The first-order valence-corrected chi connectivity index (χ1v) is 14.1. The predicted octanol–water partition coefficient (Wildman–Crippen LogP) is 5.28. The summed E-state index contributed by atoms with van der Waals surface area (Å²) in [6.45, 7) is 12.4. The summed E-state index contributed by atoms with van der Waals surface area (Å²) in [7, 11) is 0. The average Bonchev–Trinajstić information content (AvgIpc) is 3.29. The Morgan fingerprint density at radius 3 is 2.46 bits per heavy atom. The quantitative estimate of drug-likeness (QED) is 0.289. The standard InChI is InChI=1S/C29H36IN3O3.Na/c1-4-19-5-6-20(17-25(19)33-11-9-22(10-12-33)32-13-15-36-16-14-32)29(2,3)27-26(28(34)35)23-8-7-21(30)18-24(23)31-27;/h5-8,17-18,22,31H,4,9-16H2,1-3H3,(H,34,35);. The van der Waals surface area contributed by atoms with Gasteiger partial charge in [0.1, 0.15) is 0 Å². The van der Waals surface area contributed by atoms with Crippen molar-refractivity contribution in [2.75, 3.05) is 44.3 Å². The van der Waals surface area contributed by atoms with Crippen molar-refractivity contribution in [2.24, 2.45) is 0 Å². The summed E-state index contributed by atoms with van der Waals surface area (Å²) < 4.78 is 6.63. The number of aryl methyl sites for hydroxylation is 1. The molecule has 0 amide bonds. The van der Waals surface area contributed by atoms with Gasteiger partial charge in [-0.3, -0.25) is 4.90 Å². The summed E-state index contributed by atoms with van der Waals surface area (Å²) in [4.78, 5) is 21.0. The fraction of sp³-hybridized carbons (Fsp3) is 0.483. The molecule has 3 heterocycles. The zero-order chi connectivity index (χ0) is 25.4. The Labute approximate surface area is 255 Å². The number of piperidine rings is 1. The third-order valence-electron chi connectivity index (χ3n) is 8.15. The van der Waals surface area contributed by atoms with Crippen molar-refractivity contribution in [1.82, 2.24) is 9.88 Å². The van der Waals surface area contributed by atoms with E-state index in [0.29, 0.717) is 11.6 Å². The summed E-state index contributed by atoms with van der Waals surface area (Å²) in [6, 6.07) is 13.3. The number of aromatic nitrogens is 1. The molecule has 6 nitrogen and oxygen atoms in total. The van der Waals surface area contributed by atoms with E-state index in [1.54, 1.807) is 0 Å². The van der Waals surface area contributed by atoms with Crippen LogP contribution in [0.15, 0.2) is 36.4 Å². The van der Waals surface area contributed by atoms with Gasteiger partial charge >= 0.3 is 5.97 Å². The zero-order valence-electron chi connectivity index (χ0n) is 22.4. The Morgan fingerprint density at radius 1 is 1.11 bits per heavy atom. The SMILES string of the molecule is CCc1ccc(C(C)(C)c2[nH]c3cc(I)ccc3c2C(=O)O)cc1N1CCC(N2CCOCC2)CC1.[Na]. The second kappa shape index (κ2) is 12.0. The Bertz CT molecular complexity index is 1260. The van der Waals surface area contributed by atoms with E-state index in [2.05, 4.69) is 76.3 Å². The number of aromatic carboxylic acids is 1. The largest absolute Gasteiger partial charge is 0.478 e. The molecule has 2 saturated heterocycles. The number of hydrogen-bond donors (Lipinski definition) is 2. The van der Waals surface area contributed by atoms with Crippen LogP contribution < -0.4 is 4.90 Å². The summed E-state index contributed by atoms with van der Waals surface area (Å²) in [5.41, 5.74) is 5.29. The number of H-pyrrole nitrogens is 1. The molecule has 1 aromatic heterocycles. The molecule has 0 unspecified atom stereocenters. The second-order valence-corrected chi connectivity index (χ2v) is 11.8. The van der Waals surface area contributed by atoms with E-state index in [4.69, 9.17) is 4.74 Å². The molecule has 0 saturated carbocycles. The number of carbonyl (C=O) groups is 1. The van der Waals surface area contributed by atoms with Crippen LogP contribution in [0.4, 0.5) is 5.69 Å². The van der Waals surface area contributed by atoms with Crippen LogP contribution in [0, 0.1) is 3.57 Å². The van der Waals surface area contributed by atoms with E-state index in [-0.39, 0.29) is 29.6 Å². The number of benzene rings is 2. The normalized spacial score (nSPS) is 17.7. The minimum atomic E-state index is -0.888. The molecule has 37 heavy (non-hydrogen) atoms. The molecular formula is C29H36IN3NaO3. The van der Waals surface area contributed by atoms with E-state index in [1.165, 1.54) is 24.1 Å². The van der Waals surface area contributed by atoms with Gasteiger partial charge in [0.05, 0.1) is 18.8 Å². The van der Waals surface area contributed by atoms with Gasteiger partial charge in [-0.15, -0.1) is 0 Å². The van der Waals surface area contributed by atoms with Crippen LogP contribution in [-0.4, -0.2) is 96.0 Å². The summed E-state index contributed by atoms with van der Waals surface area (Å²) in [6.07, 6.45) is 3.31. The molecular weight excluding hydrogens is 588 g/mol. The zero-order valence-corrected chi connectivity index (χ0v) is 26.6. The van der Waals surface area contributed by atoms with Crippen LogP contribution >= 0.6 is 22.6 Å². The molecule has 2 N–H and O–H groups in total. The van der Waals surface area contributed by atoms with Gasteiger partial charge in [0.2, 0.25) is 0 Å². The third-order valence-corrected chi connectivity index (χ3v) is 8.83. The Kier molecular flexibility index (Phi) is 9.34. The molecule has 193 valence electrons. The molecule has 2 fully saturated rings. The molecule has 2 aliphatic heterocycles. The number of ether oxygens (including phenoxy) is 1. The Morgan fingerprint density at radius 2 is 1.81 bits per heavy atom. The molecule has 8 heteroatoms. The first-order chi connectivity index (χ1) is 17.3. The van der Waals surface area contributed by atoms with E-state index in [9.17, 15) is 9.90 Å². The molecule has 2 aromatic carbocycles. The number of carboxylic acid groups (broad SMARTS) is 1. The van der Waals surface area contributed by atoms with Gasteiger partial charge in [0, 0.05) is 93.0 Å². The van der Waals surface area contributed by atoms with Crippen LogP contribution in [-0.2, 0) is 16.6 Å². The van der Waals surface area contributed by atoms with Crippen LogP contribution in [0.5, 0.6) is 0 Å². The number of rotatable bonds is 6. The number of morpholine rings is 1. The number of fused-ring (bicyclic) bond motifs is 1. The first kappa shape index (κ1) is 28.9. The average molecular weight is 625 g/mol.